The van der Waals surface area contributed by atoms with Crippen molar-refractivity contribution in [2.24, 2.45) is 32.7 Å². The van der Waals surface area contributed by atoms with Crippen molar-refractivity contribution in [3.05, 3.63) is 61.5 Å². The number of hydrogen-bond donors (Lipinski definition) is 6. The van der Waals surface area contributed by atoms with Crippen LogP contribution in [0.2, 0.25) is 0 Å². The molecule has 48 heavy (non-hydrogen) atoms. The summed E-state index contributed by atoms with van der Waals surface area (Å²) in [5.41, 5.74) is 29.1. The fourth-order valence-corrected chi connectivity index (χ4v) is 6.91. The van der Waals surface area contributed by atoms with Crippen molar-refractivity contribution in [1.29, 1.82) is 0 Å². The van der Waals surface area contributed by atoms with E-state index < -0.39 is 0 Å². The highest BCUT2D eigenvalue weighted by Crippen LogP contribution is 2.43. The smallest absolute Gasteiger partial charge is 0.170 e. The predicted molar refractivity (Wildman–Crippen MR) is 201 cm³/mol. The molecule has 10 nitrogen and oxygen atoms in total. The molecule has 2 aromatic rings. The van der Waals surface area contributed by atoms with Crippen molar-refractivity contribution in [3.63, 3.8) is 0 Å². The first-order valence-electron chi connectivity index (χ1n) is 17.4. The zero-order chi connectivity index (χ0) is 37.5. The first kappa shape index (κ1) is 42.2. The molecule has 0 amide bonds. The van der Waals surface area contributed by atoms with Crippen LogP contribution in [-0.2, 0) is 0 Å². The summed E-state index contributed by atoms with van der Waals surface area (Å²) >= 11 is 0. The molecule has 1 heterocycles. The van der Waals surface area contributed by atoms with E-state index in [1.807, 2.05) is 0 Å². The van der Waals surface area contributed by atoms with Crippen LogP contribution in [0.25, 0.3) is 0 Å². The van der Waals surface area contributed by atoms with Crippen LogP contribution < -0.4 is 17.2 Å². The Morgan fingerprint density at radius 3 is 0.708 bits per heavy atom. The van der Waals surface area contributed by atoms with Crippen LogP contribution in [0.4, 0.5) is 0 Å². The summed E-state index contributed by atoms with van der Waals surface area (Å²) in [4.78, 5) is 5.00. The van der Waals surface area contributed by atoms with Gasteiger partial charge in [0.05, 0.1) is 0 Å². The molecule has 0 aliphatic carbocycles. The normalized spacial score (nSPS) is 13.3. The molecule has 10 heteroatoms. The zero-order valence-electron chi connectivity index (χ0n) is 32.5. The second kappa shape index (κ2) is 17.5. The maximum absolute atomic E-state index is 9.46. The molecule has 0 unspecified atom stereocenters. The molecule has 9 N–H and O–H groups in total. The Morgan fingerprint density at radius 2 is 0.562 bits per heavy atom. The van der Waals surface area contributed by atoms with Gasteiger partial charge in [-0.25, -0.2) is 0 Å². The Kier molecular flexibility index (Phi) is 15.4. The summed E-state index contributed by atoms with van der Waals surface area (Å²) in [6.07, 6.45) is 0. The SMILES string of the molecule is CC(C)c1c(/C(N)=N/O)c(C(C)C)c(C(C)C)c(/C(N)=N/O)c1C(C)C.CC(C)c1nc(C(C)C)c(C(C)C)c(/C(N)=N/O)c1C(C)C. The number of nitrogens with two attached hydrogens (primary N) is 3. The minimum absolute atomic E-state index is 0.104. The summed E-state index contributed by atoms with van der Waals surface area (Å²) < 4.78 is 0. The molecular weight excluding hydrogens is 602 g/mol. The molecule has 0 fully saturated rings. The molecule has 270 valence electrons. The van der Waals surface area contributed by atoms with Gasteiger partial charge >= 0.3 is 0 Å². The highest BCUT2D eigenvalue weighted by Gasteiger charge is 2.32. The van der Waals surface area contributed by atoms with Gasteiger partial charge < -0.3 is 32.8 Å². The average molecular weight is 668 g/mol. The summed E-state index contributed by atoms with van der Waals surface area (Å²) in [6.45, 7) is 33.7. The van der Waals surface area contributed by atoms with Crippen LogP contribution in [0.5, 0.6) is 0 Å². The van der Waals surface area contributed by atoms with Gasteiger partial charge in [-0.05, 0) is 80.7 Å². The zero-order valence-corrected chi connectivity index (χ0v) is 32.5. The molecule has 0 radical (unpaired) electrons. The second-order valence-electron chi connectivity index (χ2n) is 15.2. The predicted octanol–water partition coefficient (Wildman–Crippen LogP) is 9.04. The standard InChI is InChI=1S/C20H34N4O2.C18H31N3O/c1-9(2)13-14(10(3)4)18(20(22)24-26)16(12(7)8)15(11(5)6)17(13)19(21)23-25;1-9(2)13-15(18(19)21-22)14(10(3)4)17(12(7)8)20-16(13)11(5)6/h9-12,25-26H,1-8H3,(H2,21,23)(H2,22,24);9-12,22H,1-8H3,(H2,19,21). The maximum atomic E-state index is 9.46. The van der Waals surface area contributed by atoms with E-state index in [9.17, 15) is 15.6 Å². The Bertz CT molecular complexity index is 1360. The third-order valence-corrected chi connectivity index (χ3v) is 8.64. The van der Waals surface area contributed by atoms with Crippen LogP contribution in [0.3, 0.4) is 0 Å². The number of aromatic nitrogens is 1. The van der Waals surface area contributed by atoms with E-state index in [-0.39, 0.29) is 53.0 Å². The van der Waals surface area contributed by atoms with Crippen molar-refractivity contribution in [2.75, 3.05) is 0 Å². The minimum atomic E-state index is 0.104. The molecular formula is C38H65N7O3. The van der Waals surface area contributed by atoms with Crippen molar-refractivity contribution >= 4 is 17.5 Å². The van der Waals surface area contributed by atoms with Gasteiger partial charge in [0.2, 0.25) is 0 Å². The number of hydrogen-bond acceptors (Lipinski definition) is 7. The molecule has 0 atom stereocenters. The summed E-state index contributed by atoms with van der Waals surface area (Å²) in [5.74, 6) is 1.98. The lowest BCUT2D eigenvalue weighted by Crippen LogP contribution is -2.28. The molecule has 1 aromatic carbocycles. The van der Waals surface area contributed by atoms with Crippen LogP contribution in [0, 0.1) is 0 Å². The Balaban J connectivity index is 0.000000487. The van der Waals surface area contributed by atoms with E-state index in [1.54, 1.807) is 0 Å². The molecule has 0 saturated heterocycles. The largest absolute Gasteiger partial charge is 0.409 e. The highest BCUT2D eigenvalue weighted by molar-refractivity contribution is 6.06. The number of oxime groups is 3. The third-order valence-electron chi connectivity index (χ3n) is 8.64. The van der Waals surface area contributed by atoms with Crippen molar-refractivity contribution in [1.82, 2.24) is 4.98 Å². The molecule has 0 spiro atoms. The van der Waals surface area contributed by atoms with Gasteiger partial charge in [-0.3, -0.25) is 4.98 Å². The van der Waals surface area contributed by atoms with Crippen molar-refractivity contribution < 1.29 is 15.6 Å². The number of benzene rings is 1. The Morgan fingerprint density at radius 1 is 0.375 bits per heavy atom. The fourth-order valence-electron chi connectivity index (χ4n) is 6.91. The third kappa shape index (κ3) is 8.80. The van der Waals surface area contributed by atoms with Gasteiger partial charge in [0.1, 0.15) is 0 Å². The lowest BCUT2D eigenvalue weighted by molar-refractivity contribution is 0.318. The van der Waals surface area contributed by atoms with Crippen molar-refractivity contribution in [2.45, 2.75) is 158 Å². The Labute approximate surface area is 290 Å². The molecule has 0 aliphatic heterocycles. The van der Waals surface area contributed by atoms with Crippen LogP contribution >= 0.6 is 0 Å². The number of pyridine rings is 1. The molecule has 0 saturated carbocycles. The fraction of sp³-hybridized carbons (Fsp3) is 0.632. The van der Waals surface area contributed by atoms with Crippen LogP contribution in [0.1, 0.15) is 220 Å². The van der Waals surface area contributed by atoms with E-state index >= 15 is 0 Å². The lowest BCUT2D eigenvalue weighted by Gasteiger charge is -2.32. The van der Waals surface area contributed by atoms with Gasteiger partial charge in [-0.15, -0.1) is 0 Å². The molecule has 1 aromatic heterocycles. The number of nitrogens with zero attached hydrogens (tertiary/aromatic N) is 4. The first-order chi connectivity index (χ1) is 22.1. The highest BCUT2D eigenvalue weighted by atomic mass is 16.4. The maximum Gasteiger partial charge on any atom is 0.170 e. The van der Waals surface area contributed by atoms with Crippen LogP contribution in [0.15, 0.2) is 15.5 Å². The summed E-state index contributed by atoms with van der Waals surface area (Å²) in [5, 5.41) is 38.2. The summed E-state index contributed by atoms with van der Waals surface area (Å²) in [7, 11) is 0. The van der Waals surface area contributed by atoms with Gasteiger partial charge in [-0.1, -0.05) is 126 Å². The minimum Gasteiger partial charge on any atom is -0.409 e. The first-order valence-corrected chi connectivity index (χ1v) is 17.4. The topological polar surface area (TPSA) is 189 Å². The number of rotatable bonds is 11. The van der Waals surface area contributed by atoms with Gasteiger partial charge in [0.15, 0.2) is 17.5 Å². The van der Waals surface area contributed by atoms with Crippen LogP contribution in [-0.4, -0.2) is 38.1 Å². The Hall–Kier alpha value is -3.82. The average Bonchev–Trinajstić information content (AvgIpc) is 3.00. The van der Waals surface area contributed by atoms with E-state index in [4.69, 9.17) is 22.2 Å². The lowest BCUT2D eigenvalue weighted by atomic mass is 9.73. The summed E-state index contributed by atoms with van der Waals surface area (Å²) in [6, 6.07) is 0. The number of amidine groups is 3. The molecule has 0 bridgehead atoms. The van der Waals surface area contributed by atoms with Gasteiger partial charge in [0.25, 0.3) is 0 Å². The van der Waals surface area contributed by atoms with E-state index in [2.05, 4.69) is 126 Å². The molecule has 0 aliphatic rings. The van der Waals surface area contributed by atoms with E-state index in [0.717, 1.165) is 61.5 Å². The van der Waals surface area contributed by atoms with E-state index in [0.29, 0.717) is 11.8 Å². The second-order valence-corrected chi connectivity index (χ2v) is 15.2. The molecule has 2 rings (SSSR count). The monoisotopic (exact) mass is 668 g/mol. The van der Waals surface area contributed by atoms with Gasteiger partial charge in [0, 0.05) is 28.1 Å². The van der Waals surface area contributed by atoms with E-state index in [1.165, 1.54) is 0 Å². The quantitative estimate of drug-likeness (QED) is 0.0596. The van der Waals surface area contributed by atoms with Gasteiger partial charge in [-0.2, -0.15) is 0 Å². The van der Waals surface area contributed by atoms with Crippen molar-refractivity contribution in [3.8, 4) is 0 Å².